The number of benzene rings is 1. The van der Waals surface area contributed by atoms with Crippen LogP contribution in [0.3, 0.4) is 0 Å². The average Bonchev–Trinajstić information content (AvgIpc) is 2.46. The summed E-state index contributed by atoms with van der Waals surface area (Å²) >= 11 is 0. The van der Waals surface area contributed by atoms with Crippen molar-refractivity contribution in [1.82, 2.24) is 4.31 Å². The van der Waals surface area contributed by atoms with Crippen LogP contribution in [0.15, 0.2) is 23.1 Å². The Balaban J connectivity index is 0.00000264. The van der Waals surface area contributed by atoms with Gasteiger partial charge < -0.3 is 5.73 Å². The summed E-state index contributed by atoms with van der Waals surface area (Å²) in [6.45, 7) is 2.61. The molecule has 4 nitrogen and oxygen atoms in total. The Hall–Kier alpha value is -0.830. The van der Waals surface area contributed by atoms with E-state index in [4.69, 9.17) is 5.73 Å². The number of sulfonamides is 1. The number of aryl methyl sites for hydroxylation is 1. The van der Waals surface area contributed by atoms with Crippen LogP contribution < -0.4 is 5.73 Å². The molecule has 9 heteroatoms. The predicted octanol–water partition coefficient (Wildman–Crippen LogP) is 2.80. The van der Waals surface area contributed by atoms with Crippen molar-refractivity contribution in [2.24, 2.45) is 11.7 Å². The molecule has 0 aliphatic carbocycles. The van der Waals surface area contributed by atoms with Crippen LogP contribution >= 0.6 is 12.4 Å². The van der Waals surface area contributed by atoms with Gasteiger partial charge in [0.05, 0.1) is 10.5 Å². The number of nitrogens with two attached hydrogens (primary N) is 1. The second kappa shape index (κ2) is 7.38. The van der Waals surface area contributed by atoms with Gasteiger partial charge in [-0.05, 0) is 56.0 Å². The van der Waals surface area contributed by atoms with E-state index in [0.717, 1.165) is 18.2 Å². The molecule has 0 aromatic heterocycles. The van der Waals surface area contributed by atoms with Gasteiger partial charge in [-0.1, -0.05) is 0 Å². The van der Waals surface area contributed by atoms with Gasteiger partial charge >= 0.3 is 6.18 Å². The molecule has 2 rings (SSSR count). The number of hydrogen-bond acceptors (Lipinski definition) is 3. The van der Waals surface area contributed by atoms with Gasteiger partial charge in [0.2, 0.25) is 10.0 Å². The molecule has 0 amide bonds. The van der Waals surface area contributed by atoms with Gasteiger partial charge in [0.1, 0.15) is 0 Å². The fourth-order valence-corrected chi connectivity index (χ4v) is 4.32. The van der Waals surface area contributed by atoms with E-state index >= 15 is 0 Å². The van der Waals surface area contributed by atoms with Crippen LogP contribution in [0.4, 0.5) is 13.2 Å². The molecule has 132 valence electrons. The van der Waals surface area contributed by atoms with E-state index < -0.39 is 21.8 Å². The van der Waals surface area contributed by atoms with Crippen molar-refractivity contribution < 1.29 is 21.6 Å². The van der Waals surface area contributed by atoms with Crippen molar-refractivity contribution in [3.63, 3.8) is 0 Å². The normalized spacial score (nSPS) is 17.8. The standard InChI is InChI=1S/C14H19F3N2O2S.ClH/c1-10-8-12(14(15,16)17)2-3-13(10)22(20,21)19-6-4-11(9-18)5-7-19;/h2-3,8,11H,4-7,9,18H2,1H3;1H. The topological polar surface area (TPSA) is 63.4 Å². The van der Waals surface area contributed by atoms with Gasteiger partial charge in [-0.2, -0.15) is 17.5 Å². The van der Waals surface area contributed by atoms with Crippen LogP contribution in [0.5, 0.6) is 0 Å². The molecule has 0 unspecified atom stereocenters. The van der Waals surface area contributed by atoms with Crippen LogP contribution in [0.2, 0.25) is 0 Å². The summed E-state index contributed by atoms with van der Waals surface area (Å²) in [5.74, 6) is 0.306. The fraction of sp³-hybridized carbons (Fsp3) is 0.571. The second-order valence-electron chi connectivity index (χ2n) is 5.56. The van der Waals surface area contributed by atoms with E-state index in [0.29, 0.717) is 38.4 Å². The Bertz CT molecular complexity index is 642. The summed E-state index contributed by atoms with van der Waals surface area (Å²) in [5, 5.41) is 0. The van der Waals surface area contributed by atoms with Gasteiger partial charge in [-0.3, -0.25) is 0 Å². The Morgan fingerprint density at radius 1 is 1.26 bits per heavy atom. The van der Waals surface area contributed by atoms with Crippen LogP contribution in [-0.4, -0.2) is 32.4 Å². The summed E-state index contributed by atoms with van der Waals surface area (Å²) in [7, 11) is -3.76. The lowest BCUT2D eigenvalue weighted by molar-refractivity contribution is -0.137. The van der Waals surface area contributed by atoms with Crippen molar-refractivity contribution in [1.29, 1.82) is 0 Å². The molecular weight excluding hydrogens is 353 g/mol. The van der Waals surface area contributed by atoms with Gasteiger partial charge in [0.15, 0.2) is 0 Å². The van der Waals surface area contributed by atoms with Crippen molar-refractivity contribution in [2.45, 2.75) is 30.8 Å². The molecule has 0 saturated carbocycles. The third kappa shape index (κ3) is 4.37. The third-order valence-corrected chi connectivity index (χ3v) is 6.09. The quantitative estimate of drug-likeness (QED) is 0.887. The number of alkyl halides is 3. The van der Waals surface area contributed by atoms with Crippen LogP contribution in [0.25, 0.3) is 0 Å². The summed E-state index contributed by atoms with van der Waals surface area (Å²) in [6, 6.07) is 2.73. The Morgan fingerprint density at radius 2 is 1.83 bits per heavy atom. The molecule has 1 saturated heterocycles. The Labute approximate surface area is 140 Å². The van der Waals surface area contributed by atoms with E-state index in [-0.39, 0.29) is 22.9 Å². The number of hydrogen-bond donors (Lipinski definition) is 1. The zero-order valence-electron chi connectivity index (χ0n) is 12.6. The summed E-state index contributed by atoms with van der Waals surface area (Å²) in [4.78, 5) is -0.0632. The highest BCUT2D eigenvalue weighted by molar-refractivity contribution is 7.89. The smallest absolute Gasteiger partial charge is 0.330 e. The van der Waals surface area contributed by atoms with E-state index in [9.17, 15) is 21.6 Å². The zero-order valence-corrected chi connectivity index (χ0v) is 14.3. The van der Waals surface area contributed by atoms with Crippen molar-refractivity contribution >= 4 is 22.4 Å². The number of rotatable bonds is 3. The largest absolute Gasteiger partial charge is 0.416 e. The highest BCUT2D eigenvalue weighted by Gasteiger charge is 2.34. The maximum absolute atomic E-state index is 12.7. The minimum atomic E-state index is -4.48. The predicted molar refractivity (Wildman–Crippen MR) is 84.0 cm³/mol. The van der Waals surface area contributed by atoms with Crippen molar-refractivity contribution in [3.8, 4) is 0 Å². The van der Waals surface area contributed by atoms with E-state index in [1.54, 1.807) is 0 Å². The van der Waals surface area contributed by atoms with Crippen molar-refractivity contribution in [2.75, 3.05) is 19.6 Å². The molecule has 1 aliphatic heterocycles. The van der Waals surface area contributed by atoms with Crippen LogP contribution in [0, 0.1) is 12.8 Å². The maximum atomic E-state index is 12.7. The molecule has 0 bridgehead atoms. The first-order chi connectivity index (χ1) is 10.2. The molecule has 1 heterocycles. The molecule has 0 atom stereocenters. The van der Waals surface area contributed by atoms with Gasteiger partial charge in [-0.25, -0.2) is 8.42 Å². The van der Waals surface area contributed by atoms with Crippen LogP contribution in [-0.2, 0) is 16.2 Å². The number of piperidine rings is 1. The first-order valence-corrected chi connectivity index (χ1v) is 8.48. The molecule has 1 aliphatic rings. The molecule has 1 fully saturated rings. The van der Waals surface area contributed by atoms with Crippen molar-refractivity contribution in [3.05, 3.63) is 29.3 Å². The van der Waals surface area contributed by atoms with Gasteiger partial charge in [-0.15, -0.1) is 12.4 Å². The fourth-order valence-electron chi connectivity index (χ4n) is 2.64. The number of halogens is 4. The molecule has 1 aromatic rings. The molecule has 1 aromatic carbocycles. The Kier molecular flexibility index (Phi) is 6.48. The highest BCUT2D eigenvalue weighted by Crippen LogP contribution is 2.32. The molecule has 0 spiro atoms. The first kappa shape index (κ1) is 20.2. The van der Waals surface area contributed by atoms with E-state index in [1.807, 2.05) is 0 Å². The highest BCUT2D eigenvalue weighted by atomic mass is 35.5. The minimum absolute atomic E-state index is 0. The molecular formula is C14H20ClF3N2O2S. The molecule has 0 radical (unpaired) electrons. The first-order valence-electron chi connectivity index (χ1n) is 7.04. The van der Waals surface area contributed by atoms with E-state index in [2.05, 4.69) is 0 Å². The van der Waals surface area contributed by atoms with Gasteiger partial charge in [0, 0.05) is 13.1 Å². The van der Waals surface area contributed by atoms with Gasteiger partial charge in [0.25, 0.3) is 0 Å². The lowest BCUT2D eigenvalue weighted by Gasteiger charge is -2.31. The van der Waals surface area contributed by atoms with E-state index in [1.165, 1.54) is 11.2 Å². The maximum Gasteiger partial charge on any atom is 0.416 e. The SMILES string of the molecule is Cc1cc(C(F)(F)F)ccc1S(=O)(=O)N1CCC(CN)CC1.Cl. The number of nitrogens with zero attached hydrogens (tertiary/aromatic N) is 1. The molecule has 23 heavy (non-hydrogen) atoms. The zero-order chi connectivity index (χ0) is 16.5. The van der Waals surface area contributed by atoms with Crippen LogP contribution in [0.1, 0.15) is 24.0 Å². The summed E-state index contributed by atoms with van der Waals surface area (Å²) in [6.07, 6.45) is -3.13. The summed E-state index contributed by atoms with van der Waals surface area (Å²) < 4.78 is 64.5. The third-order valence-electron chi connectivity index (χ3n) is 4.03. The monoisotopic (exact) mass is 372 g/mol. The Morgan fingerprint density at radius 3 is 2.26 bits per heavy atom. The molecule has 2 N–H and O–H groups in total. The minimum Gasteiger partial charge on any atom is -0.330 e. The lowest BCUT2D eigenvalue weighted by atomic mass is 9.99. The summed E-state index contributed by atoms with van der Waals surface area (Å²) in [5.41, 5.74) is 4.84. The average molecular weight is 373 g/mol. The lowest BCUT2D eigenvalue weighted by Crippen LogP contribution is -2.40. The second-order valence-corrected chi connectivity index (χ2v) is 7.47.